The van der Waals surface area contributed by atoms with Crippen molar-refractivity contribution < 1.29 is 9.53 Å². The standard InChI is InChI=1S/C13H15N3O2S/c1-8-3-4-9(2)10(5-8)18-7-12-15-6-11(19-12)13(17)16-14/h3-6H,7,14H2,1-2H3,(H,16,17). The van der Waals surface area contributed by atoms with E-state index in [1.807, 2.05) is 32.0 Å². The fourth-order valence-electron chi connectivity index (χ4n) is 1.56. The molecule has 0 unspecified atom stereocenters. The van der Waals surface area contributed by atoms with Crippen molar-refractivity contribution in [1.82, 2.24) is 10.4 Å². The van der Waals surface area contributed by atoms with Gasteiger partial charge in [-0.2, -0.15) is 0 Å². The fourth-order valence-corrected chi connectivity index (χ4v) is 2.29. The highest BCUT2D eigenvalue weighted by Crippen LogP contribution is 2.21. The van der Waals surface area contributed by atoms with E-state index >= 15 is 0 Å². The Morgan fingerprint density at radius 3 is 3.00 bits per heavy atom. The number of carbonyl (C=O) groups is 1. The smallest absolute Gasteiger partial charge is 0.276 e. The van der Waals surface area contributed by atoms with E-state index in [-0.39, 0.29) is 5.91 Å². The summed E-state index contributed by atoms with van der Waals surface area (Å²) < 4.78 is 5.72. The number of nitrogens with zero attached hydrogens (tertiary/aromatic N) is 1. The second-order valence-corrected chi connectivity index (χ2v) is 5.26. The molecule has 0 spiro atoms. The van der Waals surface area contributed by atoms with Crippen LogP contribution in [0.2, 0.25) is 0 Å². The Hall–Kier alpha value is -1.92. The quantitative estimate of drug-likeness (QED) is 0.508. The van der Waals surface area contributed by atoms with Gasteiger partial charge in [0.15, 0.2) is 0 Å². The van der Waals surface area contributed by atoms with E-state index in [1.54, 1.807) is 0 Å². The van der Waals surface area contributed by atoms with Crippen molar-refractivity contribution in [2.45, 2.75) is 20.5 Å². The molecular weight excluding hydrogens is 262 g/mol. The zero-order valence-electron chi connectivity index (χ0n) is 10.8. The first kappa shape index (κ1) is 13.5. The minimum Gasteiger partial charge on any atom is -0.486 e. The molecule has 0 radical (unpaired) electrons. The maximum absolute atomic E-state index is 11.3. The van der Waals surface area contributed by atoms with Gasteiger partial charge in [0.1, 0.15) is 22.2 Å². The number of rotatable bonds is 4. The molecule has 0 bridgehead atoms. The van der Waals surface area contributed by atoms with Gasteiger partial charge in [0.25, 0.3) is 5.91 Å². The van der Waals surface area contributed by atoms with Crippen LogP contribution in [-0.4, -0.2) is 10.9 Å². The maximum atomic E-state index is 11.3. The van der Waals surface area contributed by atoms with E-state index in [0.29, 0.717) is 11.5 Å². The van der Waals surface area contributed by atoms with Crippen molar-refractivity contribution in [3.05, 3.63) is 45.4 Å². The maximum Gasteiger partial charge on any atom is 0.276 e. The number of thiazole rings is 1. The largest absolute Gasteiger partial charge is 0.486 e. The summed E-state index contributed by atoms with van der Waals surface area (Å²) in [5.41, 5.74) is 4.29. The molecule has 0 saturated heterocycles. The van der Waals surface area contributed by atoms with E-state index in [0.717, 1.165) is 21.9 Å². The minimum absolute atomic E-state index is 0.338. The molecule has 2 rings (SSSR count). The summed E-state index contributed by atoms with van der Waals surface area (Å²) in [4.78, 5) is 15.9. The van der Waals surface area contributed by atoms with Crippen LogP contribution in [0.15, 0.2) is 24.4 Å². The van der Waals surface area contributed by atoms with Gasteiger partial charge < -0.3 is 4.74 Å². The van der Waals surface area contributed by atoms with Gasteiger partial charge in [0.05, 0.1) is 6.20 Å². The molecule has 2 aromatic rings. The van der Waals surface area contributed by atoms with Gasteiger partial charge in [0, 0.05) is 0 Å². The Morgan fingerprint density at radius 1 is 1.47 bits per heavy atom. The molecule has 6 heteroatoms. The van der Waals surface area contributed by atoms with Gasteiger partial charge in [-0.3, -0.25) is 10.2 Å². The zero-order valence-corrected chi connectivity index (χ0v) is 11.6. The second-order valence-electron chi connectivity index (χ2n) is 4.15. The summed E-state index contributed by atoms with van der Waals surface area (Å²) in [5, 5.41) is 0.736. The molecule has 1 aromatic carbocycles. The number of hydrogen-bond acceptors (Lipinski definition) is 5. The predicted octanol–water partition coefficient (Wildman–Crippen LogP) is 1.94. The van der Waals surface area contributed by atoms with Gasteiger partial charge in [0.2, 0.25) is 0 Å². The van der Waals surface area contributed by atoms with Crippen LogP contribution >= 0.6 is 11.3 Å². The minimum atomic E-state index is -0.338. The number of aromatic nitrogens is 1. The molecule has 1 aromatic heterocycles. The average Bonchev–Trinajstić information content (AvgIpc) is 2.88. The summed E-state index contributed by atoms with van der Waals surface area (Å²) in [6.07, 6.45) is 1.49. The monoisotopic (exact) mass is 277 g/mol. The number of hydrogen-bond donors (Lipinski definition) is 2. The average molecular weight is 277 g/mol. The van der Waals surface area contributed by atoms with E-state index in [4.69, 9.17) is 10.6 Å². The number of nitrogen functional groups attached to an aromatic ring is 1. The van der Waals surface area contributed by atoms with Crippen molar-refractivity contribution in [1.29, 1.82) is 0 Å². The Bertz CT molecular complexity index is 595. The first-order valence-electron chi connectivity index (χ1n) is 5.76. The van der Waals surface area contributed by atoms with Crippen LogP contribution in [0, 0.1) is 13.8 Å². The third-order valence-corrected chi connectivity index (χ3v) is 3.57. The fraction of sp³-hybridized carbons (Fsp3) is 0.231. The molecular formula is C13H15N3O2S. The molecule has 3 N–H and O–H groups in total. The number of benzene rings is 1. The lowest BCUT2D eigenvalue weighted by Crippen LogP contribution is -2.29. The van der Waals surface area contributed by atoms with Crippen molar-refractivity contribution in [3.63, 3.8) is 0 Å². The lowest BCUT2D eigenvalue weighted by molar-refractivity contribution is 0.0957. The molecule has 0 aliphatic heterocycles. The predicted molar refractivity (Wildman–Crippen MR) is 74.0 cm³/mol. The van der Waals surface area contributed by atoms with Crippen LogP contribution in [0.1, 0.15) is 25.8 Å². The summed E-state index contributed by atoms with van der Waals surface area (Å²) in [7, 11) is 0. The number of aryl methyl sites for hydroxylation is 2. The van der Waals surface area contributed by atoms with Crippen LogP contribution in [0.25, 0.3) is 0 Å². The number of ether oxygens (including phenoxy) is 1. The molecule has 0 aliphatic carbocycles. The Labute approximate surface area is 115 Å². The molecule has 0 atom stereocenters. The summed E-state index contributed by atoms with van der Waals surface area (Å²) >= 11 is 1.27. The first-order chi connectivity index (χ1) is 9.10. The zero-order chi connectivity index (χ0) is 13.8. The van der Waals surface area contributed by atoms with Crippen molar-refractivity contribution in [3.8, 4) is 5.75 Å². The number of nitrogens with two attached hydrogens (primary N) is 1. The SMILES string of the molecule is Cc1ccc(C)c(OCc2ncc(C(=O)NN)s2)c1. The van der Waals surface area contributed by atoms with Gasteiger partial charge in [-0.1, -0.05) is 12.1 Å². The molecule has 100 valence electrons. The van der Waals surface area contributed by atoms with E-state index in [1.165, 1.54) is 17.5 Å². The number of nitrogens with one attached hydrogen (secondary N) is 1. The second kappa shape index (κ2) is 5.81. The van der Waals surface area contributed by atoms with Crippen molar-refractivity contribution >= 4 is 17.2 Å². The third kappa shape index (κ3) is 3.30. The first-order valence-corrected chi connectivity index (χ1v) is 6.57. The van der Waals surface area contributed by atoms with Gasteiger partial charge in [-0.15, -0.1) is 11.3 Å². The van der Waals surface area contributed by atoms with Crippen molar-refractivity contribution in [2.75, 3.05) is 0 Å². The number of carbonyl (C=O) groups excluding carboxylic acids is 1. The Kier molecular flexibility index (Phi) is 4.13. The number of amides is 1. The van der Waals surface area contributed by atoms with E-state index in [9.17, 15) is 4.79 Å². The van der Waals surface area contributed by atoms with Gasteiger partial charge in [-0.05, 0) is 31.0 Å². The van der Waals surface area contributed by atoms with Crippen LogP contribution < -0.4 is 16.0 Å². The van der Waals surface area contributed by atoms with Crippen LogP contribution in [-0.2, 0) is 6.61 Å². The highest BCUT2D eigenvalue weighted by molar-refractivity contribution is 7.13. The lowest BCUT2D eigenvalue weighted by atomic mass is 10.1. The highest BCUT2D eigenvalue weighted by Gasteiger charge is 2.09. The topological polar surface area (TPSA) is 77.2 Å². The highest BCUT2D eigenvalue weighted by atomic mass is 32.1. The Balaban J connectivity index is 2.04. The lowest BCUT2D eigenvalue weighted by Gasteiger charge is -2.08. The molecule has 1 heterocycles. The molecule has 19 heavy (non-hydrogen) atoms. The molecule has 1 amide bonds. The van der Waals surface area contributed by atoms with Crippen molar-refractivity contribution in [2.24, 2.45) is 5.84 Å². The summed E-state index contributed by atoms with van der Waals surface area (Å²) in [6, 6.07) is 6.03. The Morgan fingerprint density at radius 2 is 2.26 bits per heavy atom. The molecule has 5 nitrogen and oxygen atoms in total. The summed E-state index contributed by atoms with van der Waals surface area (Å²) in [6.45, 7) is 4.34. The van der Waals surface area contributed by atoms with E-state index < -0.39 is 0 Å². The normalized spacial score (nSPS) is 10.3. The van der Waals surface area contributed by atoms with Crippen LogP contribution in [0.3, 0.4) is 0 Å². The molecule has 0 saturated carbocycles. The number of hydrazine groups is 1. The van der Waals surface area contributed by atoms with E-state index in [2.05, 4.69) is 10.4 Å². The third-order valence-electron chi connectivity index (χ3n) is 2.60. The van der Waals surface area contributed by atoms with Crippen LogP contribution in [0.5, 0.6) is 5.75 Å². The van der Waals surface area contributed by atoms with Gasteiger partial charge >= 0.3 is 0 Å². The van der Waals surface area contributed by atoms with Gasteiger partial charge in [-0.25, -0.2) is 10.8 Å². The molecule has 0 fully saturated rings. The molecule has 0 aliphatic rings. The summed E-state index contributed by atoms with van der Waals surface area (Å²) in [5.74, 6) is 5.56. The van der Waals surface area contributed by atoms with Crippen LogP contribution in [0.4, 0.5) is 0 Å².